The van der Waals surface area contributed by atoms with E-state index in [0.29, 0.717) is 23.7 Å². The van der Waals surface area contributed by atoms with Crippen LogP contribution < -0.4 is 5.73 Å². The quantitative estimate of drug-likeness (QED) is 0.531. The molecule has 0 aliphatic heterocycles. The minimum absolute atomic E-state index is 0.181. The smallest absolute Gasteiger partial charge is 0.249 e. The Morgan fingerprint density at radius 3 is 2.79 bits per heavy atom. The lowest BCUT2D eigenvalue weighted by molar-refractivity contribution is 0.180. The molecule has 4 N–H and O–H groups in total. The van der Waals surface area contributed by atoms with E-state index >= 15 is 0 Å². The predicted molar refractivity (Wildman–Crippen MR) is 88.1 cm³/mol. The minimum atomic E-state index is -0.931. The Balaban J connectivity index is 1.57. The summed E-state index contributed by atoms with van der Waals surface area (Å²) in [5.41, 5.74) is 8.38. The number of aliphatic hydroxyl groups excluding tert-OH is 1. The maximum atomic E-state index is 10.3. The Kier molecular flexibility index (Phi) is 3.47. The van der Waals surface area contributed by atoms with Crippen LogP contribution in [0.4, 0.5) is 5.82 Å². The van der Waals surface area contributed by atoms with Crippen LogP contribution in [-0.2, 0) is 6.42 Å². The van der Waals surface area contributed by atoms with E-state index in [9.17, 15) is 5.11 Å². The van der Waals surface area contributed by atoms with Gasteiger partial charge in [-0.3, -0.25) is 5.10 Å². The second kappa shape index (κ2) is 5.78. The molecule has 4 aromatic rings. The van der Waals surface area contributed by atoms with Gasteiger partial charge < -0.3 is 15.3 Å². The number of aliphatic hydroxyl groups is 1. The number of nitrogens with one attached hydrogen (secondary N) is 1. The number of nitrogens with zero attached hydrogens (tertiary/aromatic N) is 3. The molecule has 2 aromatic heterocycles. The van der Waals surface area contributed by atoms with Crippen LogP contribution in [0, 0.1) is 0 Å². The van der Waals surface area contributed by atoms with Crippen molar-refractivity contribution >= 4 is 16.7 Å². The molecule has 0 saturated heterocycles. The van der Waals surface area contributed by atoms with E-state index < -0.39 is 6.10 Å². The SMILES string of the molecule is Nc1n[nH]c2ccc(Cc3nnc(C(O)c4ccccc4)o3)cc12. The second-order valence-electron chi connectivity index (χ2n) is 5.51. The van der Waals surface area contributed by atoms with Gasteiger partial charge in [-0.05, 0) is 23.3 Å². The van der Waals surface area contributed by atoms with Gasteiger partial charge in [0.05, 0.1) is 11.9 Å². The molecule has 0 aliphatic rings. The van der Waals surface area contributed by atoms with Crippen molar-refractivity contribution in [2.24, 2.45) is 0 Å². The first-order chi connectivity index (χ1) is 11.7. The van der Waals surface area contributed by atoms with Gasteiger partial charge in [0, 0.05) is 5.39 Å². The molecule has 0 aliphatic carbocycles. The Labute approximate surface area is 137 Å². The van der Waals surface area contributed by atoms with Gasteiger partial charge in [0.2, 0.25) is 11.8 Å². The summed E-state index contributed by atoms with van der Waals surface area (Å²) in [6, 6.07) is 15.0. The Morgan fingerprint density at radius 2 is 1.96 bits per heavy atom. The molecule has 2 heterocycles. The van der Waals surface area contributed by atoms with Crippen molar-refractivity contribution in [2.75, 3.05) is 5.73 Å². The van der Waals surface area contributed by atoms with Crippen LogP contribution >= 0.6 is 0 Å². The number of aromatic nitrogens is 4. The number of fused-ring (bicyclic) bond motifs is 1. The van der Waals surface area contributed by atoms with Crippen LogP contribution in [0.5, 0.6) is 0 Å². The number of anilines is 1. The maximum Gasteiger partial charge on any atom is 0.249 e. The molecule has 0 spiro atoms. The van der Waals surface area contributed by atoms with Gasteiger partial charge in [-0.1, -0.05) is 36.4 Å². The molecule has 24 heavy (non-hydrogen) atoms. The predicted octanol–water partition coefficient (Wildman–Crippen LogP) is 2.20. The summed E-state index contributed by atoms with van der Waals surface area (Å²) in [4.78, 5) is 0. The number of aromatic amines is 1. The third kappa shape index (κ3) is 2.61. The van der Waals surface area contributed by atoms with Gasteiger partial charge in [-0.15, -0.1) is 10.2 Å². The third-order valence-corrected chi connectivity index (χ3v) is 3.84. The van der Waals surface area contributed by atoms with Crippen molar-refractivity contribution in [3.63, 3.8) is 0 Å². The van der Waals surface area contributed by atoms with Crippen LogP contribution in [0.1, 0.15) is 29.0 Å². The minimum Gasteiger partial charge on any atom is -0.422 e. The molecule has 7 nitrogen and oxygen atoms in total. The molecule has 0 saturated carbocycles. The Hall–Kier alpha value is -3.19. The zero-order valence-corrected chi connectivity index (χ0v) is 12.7. The fourth-order valence-corrected chi connectivity index (χ4v) is 2.59. The number of H-pyrrole nitrogens is 1. The van der Waals surface area contributed by atoms with Gasteiger partial charge >= 0.3 is 0 Å². The molecule has 1 unspecified atom stereocenters. The molecular formula is C17H15N5O2. The van der Waals surface area contributed by atoms with Gasteiger partial charge in [-0.2, -0.15) is 5.10 Å². The number of rotatable bonds is 4. The van der Waals surface area contributed by atoms with Crippen LogP contribution in [0.25, 0.3) is 10.9 Å². The summed E-state index contributed by atoms with van der Waals surface area (Å²) >= 11 is 0. The lowest BCUT2D eigenvalue weighted by Gasteiger charge is -2.05. The summed E-state index contributed by atoms with van der Waals surface area (Å²) in [6.45, 7) is 0. The number of benzene rings is 2. The fraction of sp³-hybridized carbons (Fsp3) is 0.118. The average Bonchev–Trinajstić information content (AvgIpc) is 3.22. The highest BCUT2D eigenvalue weighted by molar-refractivity contribution is 5.89. The molecule has 0 fully saturated rings. The van der Waals surface area contributed by atoms with E-state index in [4.69, 9.17) is 10.2 Å². The zero-order chi connectivity index (χ0) is 16.5. The highest BCUT2D eigenvalue weighted by atomic mass is 16.4. The standard InChI is InChI=1S/C17H15N5O2/c18-16-12-8-10(6-7-13(12)19-21-16)9-14-20-22-17(24-14)15(23)11-4-2-1-3-5-11/h1-8,15,23H,9H2,(H3,18,19,21). The third-order valence-electron chi connectivity index (χ3n) is 3.84. The summed E-state index contributed by atoms with van der Waals surface area (Å²) in [5, 5.41) is 25.9. The zero-order valence-electron chi connectivity index (χ0n) is 12.7. The summed E-state index contributed by atoms with van der Waals surface area (Å²) in [6.07, 6.45) is -0.478. The lowest BCUT2D eigenvalue weighted by atomic mass is 10.1. The highest BCUT2D eigenvalue weighted by Crippen LogP contribution is 2.23. The summed E-state index contributed by atoms with van der Waals surface area (Å²) < 4.78 is 5.60. The molecule has 120 valence electrons. The molecule has 0 radical (unpaired) electrons. The topological polar surface area (TPSA) is 114 Å². The highest BCUT2D eigenvalue weighted by Gasteiger charge is 2.18. The van der Waals surface area contributed by atoms with Crippen LogP contribution in [0.2, 0.25) is 0 Å². The first kappa shape index (κ1) is 14.4. The molecule has 2 aromatic carbocycles. The molecule has 7 heteroatoms. The van der Waals surface area contributed by atoms with E-state index in [-0.39, 0.29) is 5.89 Å². The maximum absolute atomic E-state index is 10.3. The number of nitrogens with two attached hydrogens (primary N) is 1. The van der Waals surface area contributed by atoms with Gasteiger partial charge in [0.15, 0.2) is 11.9 Å². The van der Waals surface area contributed by atoms with Crippen molar-refractivity contribution in [1.82, 2.24) is 20.4 Å². The first-order valence-electron chi connectivity index (χ1n) is 7.48. The van der Waals surface area contributed by atoms with Crippen molar-refractivity contribution in [3.05, 3.63) is 71.4 Å². The number of nitrogen functional groups attached to an aromatic ring is 1. The molecule has 1 atom stereocenters. The molecule has 0 bridgehead atoms. The van der Waals surface area contributed by atoms with Crippen molar-refractivity contribution in [2.45, 2.75) is 12.5 Å². The summed E-state index contributed by atoms with van der Waals surface area (Å²) in [5.74, 6) is 1.07. The lowest BCUT2D eigenvalue weighted by Crippen LogP contribution is -1.99. The Bertz CT molecular complexity index is 977. The number of hydrogen-bond donors (Lipinski definition) is 3. The van der Waals surface area contributed by atoms with Crippen molar-refractivity contribution in [3.8, 4) is 0 Å². The van der Waals surface area contributed by atoms with Crippen molar-refractivity contribution < 1.29 is 9.52 Å². The fourth-order valence-electron chi connectivity index (χ4n) is 2.59. The summed E-state index contributed by atoms with van der Waals surface area (Å²) in [7, 11) is 0. The van der Waals surface area contributed by atoms with E-state index in [0.717, 1.165) is 16.5 Å². The molecule has 4 rings (SSSR count). The molecule has 0 amide bonds. The van der Waals surface area contributed by atoms with Gasteiger partial charge in [-0.25, -0.2) is 0 Å². The largest absolute Gasteiger partial charge is 0.422 e. The van der Waals surface area contributed by atoms with E-state index in [1.165, 1.54) is 0 Å². The monoisotopic (exact) mass is 321 g/mol. The first-order valence-corrected chi connectivity index (χ1v) is 7.48. The van der Waals surface area contributed by atoms with Crippen molar-refractivity contribution in [1.29, 1.82) is 0 Å². The number of hydrogen-bond acceptors (Lipinski definition) is 6. The molecular weight excluding hydrogens is 306 g/mol. The van der Waals surface area contributed by atoms with E-state index in [1.807, 2.05) is 48.5 Å². The van der Waals surface area contributed by atoms with Crippen LogP contribution in [0.3, 0.4) is 0 Å². The Morgan fingerprint density at radius 1 is 1.12 bits per heavy atom. The van der Waals surface area contributed by atoms with E-state index in [2.05, 4.69) is 20.4 Å². The van der Waals surface area contributed by atoms with Gasteiger partial charge in [0.25, 0.3) is 0 Å². The second-order valence-corrected chi connectivity index (χ2v) is 5.51. The van der Waals surface area contributed by atoms with E-state index in [1.54, 1.807) is 0 Å². The van der Waals surface area contributed by atoms with Crippen LogP contribution in [0.15, 0.2) is 52.9 Å². The van der Waals surface area contributed by atoms with Gasteiger partial charge in [0.1, 0.15) is 0 Å². The average molecular weight is 321 g/mol. The van der Waals surface area contributed by atoms with Crippen LogP contribution in [-0.4, -0.2) is 25.5 Å². The normalized spacial score (nSPS) is 12.5.